The Morgan fingerprint density at radius 3 is 2.23 bits per heavy atom. The van der Waals surface area contributed by atoms with Gasteiger partial charge in [0.15, 0.2) is 0 Å². The number of hydrogen-bond acceptors (Lipinski definition) is 2. The van der Waals surface area contributed by atoms with Gasteiger partial charge >= 0.3 is 0 Å². The molecule has 0 saturated heterocycles. The van der Waals surface area contributed by atoms with Gasteiger partial charge in [-0.2, -0.15) is 0 Å². The highest BCUT2D eigenvalue weighted by Gasteiger charge is 2.19. The molecule has 0 bridgehead atoms. The molecular weight excluding hydrogens is 320 g/mol. The third-order valence-electron chi connectivity index (χ3n) is 4.53. The molecule has 0 heterocycles. The Balaban J connectivity index is 1.97. The number of amides is 1. The SMILES string of the molecule is CC(C)N(Cc1ccccc1)C(=O)CCNc1ccccc1C(C)(C)C. The molecule has 3 nitrogen and oxygen atoms in total. The maximum absolute atomic E-state index is 12.7. The standard InChI is InChI=1S/C23H32N2O/c1-18(2)25(17-19-11-7-6-8-12-19)22(26)15-16-24-21-14-10-9-13-20(21)23(3,4)5/h6-14,18,24H,15-17H2,1-5H3. The predicted molar refractivity (Wildman–Crippen MR) is 110 cm³/mol. The van der Waals surface area contributed by atoms with Crippen molar-refractivity contribution in [2.24, 2.45) is 0 Å². The number of rotatable bonds is 7. The van der Waals surface area contributed by atoms with E-state index in [1.54, 1.807) is 0 Å². The van der Waals surface area contributed by atoms with Crippen LogP contribution in [0.4, 0.5) is 5.69 Å². The smallest absolute Gasteiger partial charge is 0.224 e. The Hall–Kier alpha value is -2.29. The Morgan fingerprint density at radius 2 is 1.62 bits per heavy atom. The van der Waals surface area contributed by atoms with E-state index in [0.717, 1.165) is 5.69 Å². The molecule has 0 fully saturated rings. The highest BCUT2D eigenvalue weighted by Crippen LogP contribution is 2.29. The molecule has 0 aromatic heterocycles. The van der Waals surface area contributed by atoms with Crippen molar-refractivity contribution in [3.63, 3.8) is 0 Å². The highest BCUT2D eigenvalue weighted by atomic mass is 16.2. The number of nitrogens with zero attached hydrogens (tertiary/aromatic N) is 1. The Morgan fingerprint density at radius 1 is 1.00 bits per heavy atom. The molecule has 0 aliphatic heterocycles. The zero-order valence-corrected chi connectivity index (χ0v) is 16.8. The Kier molecular flexibility index (Phi) is 6.84. The summed E-state index contributed by atoms with van der Waals surface area (Å²) in [6.45, 7) is 12.1. The summed E-state index contributed by atoms with van der Waals surface area (Å²) >= 11 is 0. The van der Waals surface area contributed by atoms with Gasteiger partial charge < -0.3 is 10.2 Å². The zero-order chi connectivity index (χ0) is 19.2. The van der Waals surface area contributed by atoms with Crippen LogP contribution in [0.15, 0.2) is 54.6 Å². The summed E-state index contributed by atoms with van der Waals surface area (Å²) in [6, 6.07) is 18.7. The van der Waals surface area contributed by atoms with Gasteiger partial charge in [0.2, 0.25) is 5.91 Å². The van der Waals surface area contributed by atoms with Gasteiger partial charge in [-0.25, -0.2) is 0 Å². The summed E-state index contributed by atoms with van der Waals surface area (Å²) in [6.07, 6.45) is 0.490. The Labute approximate surface area is 158 Å². The molecule has 0 aliphatic rings. The maximum atomic E-state index is 12.7. The quantitative estimate of drug-likeness (QED) is 0.740. The van der Waals surface area contributed by atoms with Crippen LogP contribution in [0.2, 0.25) is 0 Å². The van der Waals surface area contributed by atoms with Gasteiger partial charge in [-0.3, -0.25) is 4.79 Å². The summed E-state index contributed by atoms with van der Waals surface area (Å²) in [7, 11) is 0. The molecule has 0 atom stereocenters. The third kappa shape index (κ3) is 5.62. The van der Waals surface area contributed by atoms with Crippen molar-refractivity contribution in [2.75, 3.05) is 11.9 Å². The molecule has 2 rings (SSSR count). The van der Waals surface area contributed by atoms with E-state index in [9.17, 15) is 4.79 Å². The normalized spacial score (nSPS) is 11.5. The van der Waals surface area contributed by atoms with Gasteiger partial charge in [-0.15, -0.1) is 0 Å². The van der Waals surface area contributed by atoms with Crippen molar-refractivity contribution >= 4 is 11.6 Å². The lowest BCUT2D eigenvalue weighted by molar-refractivity contribution is -0.133. The summed E-state index contributed by atoms with van der Waals surface area (Å²) in [5.74, 6) is 0.185. The van der Waals surface area contributed by atoms with Crippen LogP contribution in [0.5, 0.6) is 0 Å². The van der Waals surface area contributed by atoms with Gasteiger partial charge in [-0.1, -0.05) is 69.3 Å². The lowest BCUT2D eigenvalue weighted by Gasteiger charge is -2.27. The van der Waals surface area contributed by atoms with E-state index >= 15 is 0 Å². The average Bonchev–Trinajstić information content (AvgIpc) is 2.59. The van der Waals surface area contributed by atoms with E-state index in [4.69, 9.17) is 0 Å². The molecule has 26 heavy (non-hydrogen) atoms. The van der Waals surface area contributed by atoms with E-state index < -0.39 is 0 Å². The average molecular weight is 353 g/mol. The first-order valence-electron chi connectivity index (χ1n) is 9.46. The van der Waals surface area contributed by atoms with E-state index in [2.05, 4.69) is 70.3 Å². The largest absolute Gasteiger partial charge is 0.384 e. The number of para-hydroxylation sites is 1. The fraction of sp³-hybridized carbons (Fsp3) is 0.435. The molecule has 2 aromatic carbocycles. The van der Waals surface area contributed by atoms with Gasteiger partial charge in [0.1, 0.15) is 0 Å². The number of nitrogens with one attached hydrogen (secondary N) is 1. The molecule has 0 radical (unpaired) electrons. The van der Waals surface area contributed by atoms with Crippen LogP contribution < -0.4 is 5.32 Å². The first-order valence-corrected chi connectivity index (χ1v) is 9.46. The minimum Gasteiger partial charge on any atom is -0.384 e. The van der Waals surface area contributed by atoms with E-state index in [-0.39, 0.29) is 17.4 Å². The molecule has 140 valence electrons. The van der Waals surface area contributed by atoms with Crippen molar-refractivity contribution in [3.05, 3.63) is 65.7 Å². The van der Waals surface area contributed by atoms with Crippen LogP contribution in [-0.2, 0) is 16.8 Å². The summed E-state index contributed by atoms with van der Waals surface area (Å²) in [5, 5.41) is 3.46. The Bertz CT molecular complexity index is 702. The first kappa shape index (κ1) is 20.0. The summed E-state index contributed by atoms with van der Waals surface area (Å²) < 4.78 is 0. The lowest BCUT2D eigenvalue weighted by Crippen LogP contribution is -2.37. The number of hydrogen-bond donors (Lipinski definition) is 1. The van der Waals surface area contributed by atoms with E-state index in [0.29, 0.717) is 19.5 Å². The van der Waals surface area contributed by atoms with E-state index in [1.165, 1.54) is 11.1 Å². The van der Waals surface area contributed by atoms with Crippen molar-refractivity contribution in [3.8, 4) is 0 Å². The van der Waals surface area contributed by atoms with Gasteiger partial charge in [-0.05, 0) is 36.5 Å². The molecule has 3 heteroatoms. The number of benzene rings is 2. The zero-order valence-electron chi connectivity index (χ0n) is 16.8. The van der Waals surface area contributed by atoms with Gasteiger partial charge in [0, 0.05) is 31.2 Å². The fourth-order valence-corrected chi connectivity index (χ4v) is 3.08. The molecule has 0 unspecified atom stereocenters. The second kappa shape index (κ2) is 8.88. The maximum Gasteiger partial charge on any atom is 0.224 e. The van der Waals surface area contributed by atoms with E-state index in [1.807, 2.05) is 29.2 Å². The molecule has 0 saturated carbocycles. The first-order chi connectivity index (χ1) is 12.3. The molecule has 1 amide bonds. The topological polar surface area (TPSA) is 32.3 Å². The van der Waals surface area contributed by atoms with Crippen molar-refractivity contribution in [2.45, 2.75) is 59.0 Å². The third-order valence-corrected chi connectivity index (χ3v) is 4.53. The minimum absolute atomic E-state index is 0.0743. The fourth-order valence-electron chi connectivity index (χ4n) is 3.08. The van der Waals surface area contributed by atoms with Crippen LogP contribution in [-0.4, -0.2) is 23.4 Å². The lowest BCUT2D eigenvalue weighted by atomic mass is 9.86. The summed E-state index contributed by atoms with van der Waals surface area (Å²) in [5.41, 5.74) is 3.63. The molecular formula is C23H32N2O. The van der Waals surface area contributed by atoms with Crippen molar-refractivity contribution in [1.82, 2.24) is 4.90 Å². The molecule has 0 aliphatic carbocycles. The van der Waals surface area contributed by atoms with Crippen LogP contribution in [0.3, 0.4) is 0 Å². The summed E-state index contributed by atoms with van der Waals surface area (Å²) in [4.78, 5) is 14.7. The molecule has 2 aromatic rings. The molecule has 0 spiro atoms. The van der Waals surface area contributed by atoms with Crippen LogP contribution in [0.25, 0.3) is 0 Å². The number of anilines is 1. The van der Waals surface area contributed by atoms with Crippen LogP contribution >= 0.6 is 0 Å². The van der Waals surface area contributed by atoms with Crippen LogP contribution in [0, 0.1) is 0 Å². The van der Waals surface area contributed by atoms with Gasteiger partial charge in [0.05, 0.1) is 0 Å². The monoisotopic (exact) mass is 352 g/mol. The second-order valence-corrected chi connectivity index (χ2v) is 8.07. The second-order valence-electron chi connectivity index (χ2n) is 8.07. The van der Waals surface area contributed by atoms with Crippen LogP contribution in [0.1, 0.15) is 52.2 Å². The van der Waals surface area contributed by atoms with Crippen molar-refractivity contribution < 1.29 is 4.79 Å². The highest BCUT2D eigenvalue weighted by molar-refractivity contribution is 5.77. The predicted octanol–water partition coefficient (Wildman–Crippen LogP) is 5.22. The minimum atomic E-state index is 0.0743. The number of carbonyl (C=O) groups excluding carboxylic acids is 1. The van der Waals surface area contributed by atoms with Gasteiger partial charge in [0.25, 0.3) is 0 Å². The molecule has 1 N–H and O–H groups in total. The van der Waals surface area contributed by atoms with Crippen molar-refractivity contribution in [1.29, 1.82) is 0 Å². The number of carbonyl (C=O) groups is 1.